The molecule has 1 aromatic carbocycles. The average Bonchev–Trinajstić information content (AvgIpc) is 2.61. The van der Waals surface area contributed by atoms with Gasteiger partial charge in [-0.05, 0) is 44.2 Å². The van der Waals surface area contributed by atoms with E-state index in [9.17, 15) is 9.59 Å². The van der Waals surface area contributed by atoms with Crippen molar-refractivity contribution >= 4 is 23.2 Å². The number of fused-ring (bicyclic) bond motifs is 2. The normalized spacial score (nSPS) is 29.4. The number of amides is 2. The molecule has 2 fully saturated rings. The van der Waals surface area contributed by atoms with E-state index in [1.807, 2.05) is 24.3 Å². The zero-order valence-corrected chi connectivity index (χ0v) is 14.1. The number of rotatable bonds is 2. The van der Waals surface area contributed by atoms with E-state index in [-0.39, 0.29) is 18.4 Å². The van der Waals surface area contributed by atoms with E-state index >= 15 is 0 Å². The predicted molar refractivity (Wildman–Crippen MR) is 93.1 cm³/mol. The lowest BCUT2D eigenvalue weighted by atomic mass is 9.78. The predicted octanol–water partition coefficient (Wildman–Crippen LogP) is 1.21. The van der Waals surface area contributed by atoms with E-state index in [1.165, 1.54) is 43.4 Å². The standard InChI is InChI=1S/C19H25N3O2/c23-18-12-22(17-10-4-2-8-15(17)20-18)19(24)13-21-11-5-7-14-6-1-3-9-16(14)21/h2,4,8,10,14,16H,1,3,5-7,9,11-13H2,(H,20,23)/p+1/t14-,16+/m1/s1. The summed E-state index contributed by atoms with van der Waals surface area (Å²) in [5.74, 6) is 0.775. The van der Waals surface area contributed by atoms with Gasteiger partial charge in [0.05, 0.1) is 24.0 Å². The fourth-order valence-electron chi connectivity index (χ4n) is 4.83. The largest absolute Gasteiger partial charge is 0.324 e. The van der Waals surface area contributed by atoms with Crippen molar-refractivity contribution in [3.8, 4) is 0 Å². The first kappa shape index (κ1) is 15.6. The smallest absolute Gasteiger partial charge is 0.282 e. The van der Waals surface area contributed by atoms with E-state index in [0.29, 0.717) is 12.6 Å². The van der Waals surface area contributed by atoms with Gasteiger partial charge in [-0.25, -0.2) is 0 Å². The SMILES string of the molecule is O=C1CN(C(=O)C[NH+]2CCC[C@H]3CCCC[C@@H]32)c2ccccc2N1. The molecule has 1 unspecified atom stereocenters. The van der Waals surface area contributed by atoms with E-state index in [2.05, 4.69) is 5.32 Å². The van der Waals surface area contributed by atoms with Gasteiger partial charge in [-0.15, -0.1) is 0 Å². The molecule has 128 valence electrons. The van der Waals surface area contributed by atoms with Crippen molar-refractivity contribution in [1.29, 1.82) is 0 Å². The fraction of sp³-hybridized carbons (Fsp3) is 0.579. The summed E-state index contributed by atoms with van der Waals surface area (Å²) in [5, 5.41) is 2.85. The second-order valence-electron chi connectivity index (χ2n) is 7.42. The molecule has 5 heteroatoms. The molecule has 0 radical (unpaired) electrons. The van der Waals surface area contributed by atoms with Crippen LogP contribution in [-0.2, 0) is 9.59 Å². The second kappa shape index (κ2) is 6.55. The molecule has 2 heterocycles. The van der Waals surface area contributed by atoms with Crippen LogP contribution in [0.4, 0.5) is 11.4 Å². The Balaban J connectivity index is 1.51. The first-order chi connectivity index (χ1) is 11.7. The average molecular weight is 328 g/mol. The van der Waals surface area contributed by atoms with Crippen molar-refractivity contribution in [3.05, 3.63) is 24.3 Å². The Morgan fingerprint density at radius 3 is 2.88 bits per heavy atom. The molecule has 1 aliphatic carbocycles. The highest BCUT2D eigenvalue weighted by Crippen LogP contribution is 2.30. The number of carbonyl (C=O) groups excluding carboxylic acids is 2. The molecule has 24 heavy (non-hydrogen) atoms. The van der Waals surface area contributed by atoms with Gasteiger partial charge in [0.25, 0.3) is 5.91 Å². The topological polar surface area (TPSA) is 53.9 Å². The van der Waals surface area contributed by atoms with Gasteiger partial charge in [-0.2, -0.15) is 0 Å². The Morgan fingerprint density at radius 2 is 1.96 bits per heavy atom. The number of nitrogens with one attached hydrogen (secondary N) is 2. The minimum absolute atomic E-state index is 0.0820. The molecule has 1 saturated carbocycles. The van der Waals surface area contributed by atoms with E-state index in [1.54, 1.807) is 4.90 Å². The number of piperidine rings is 1. The van der Waals surface area contributed by atoms with Gasteiger partial charge in [0.2, 0.25) is 5.91 Å². The van der Waals surface area contributed by atoms with Crippen molar-refractivity contribution in [2.24, 2.45) is 5.92 Å². The Morgan fingerprint density at radius 1 is 1.17 bits per heavy atom. The summed E-state index contributed by atoms with van der Waals surface area (Å²) in [6.07, 6.45) is 7.79. The minimum atomic E-state index is -0.105. The van der Waals surface area contributed by atoms with Gasteiger partial charge in [-0.3, -0.25) is 14.5 Å². The molecule has 0 spiro atoms. The number of para-hydroxylation sites is 2. The molecule has 3 aliphatic rings. The van der Waals surface area contributed by atoms with Gasteiger partial charge in [0.15, 0.2) is 6.54 Å². The monoisotopic (exact) mass is 328 g/mol. The number of likely N-dealkylation sites (tertiary alicyclic amines) is 1. The molecule has 1 saturated heterocycles. The Bertz CT molecular complexity index is 643. The lowest BCUT2D eigenvalue weighted by molar-refractivity contribution is -0.928. The molecule has 5 nitrogen and oxygen atoms in total. The zero-order valence-electron chi connectivity index (χ0n) is 14.1. The van der Waals surface area contributed by atoms with E-state index in [0.717, 1.165) is 23.8 Å². The molecular weight excluding hydrogens is 302 g/mol. The maximum Gasteiger partial charge on any atom is 0.282 e. The molecule has 0 bridgehead atoms. The van der Waals surface area contributed by atoms with Crippen molar-refractivity contribution in [2.45, 2.75) is 44.6 Å². The number of carbonyl (C=O) groups is 2. The number of benzene rings is 1. The molecular formula is C19H26N3O2+. The Kier molecular flexibility index (Phi) is 4.27. The number of quaternary nitrogens is 1. The summed E-state index contributed by atoms with van der Waals surface area (Å²) in [4.78, 5) is 28.0. The molecule has 2 amide bonds. The van der Waals surface area contributed by atoms with Crippen LogP contribution in [0, 0.1) is 5.92 Å². The van der Waals surface area contributed by atoms with E-state index < -0.39 is 0 Å². The van der Waals surface area contributed by atoms with Crippen LogP contribution in [-0.4, -0.2) is 37.5 Å². The van der Waals surface area contributed by atoms with Gasteiger partial charge in [0, 0.05) is 5.92 Å². The fourth-order valence-corrected chi connectivity index (χ4v) is 4.83. The van der Waals surface area contributed by atoms with Gasteiger partial charge in [0.1, 0.15) is 6.54 Å². The van der Waals surface area contributed by atoms with Gasteiger partial charge in [-0.1, -0.05) is 18.6 Å². The maximum atomic E-state index is 13.0. The van der Waals surface area contributed by atoms with Crippen LogP contribution >= 0.6 is 0 Å². The van der Waals surface area contributed by atoms with Gasteiger partial charge >= 0.3 is 0 Å². The molecule has 3 atom stereocenters. The zero-order chi connectivity index (χ0) is 16.5. The number of nitrogens with zero attached hydrogens (tertiary/aromatic N) is 1. The summed E-state index contributed by atoms with van der Waals surface area (Å²) in [5.41, 5.74) is 1.57. The molecule has 4 rings (SSSR count). The second-order valence-corrected chi connectivity index (χ2v) is 7.42. The van der Waals surface area contributed by atoms with Crippen molar-refractivity contribution < 1.29 is 14.5 Å². The van der Waals surface area contributed by atoms with E-state index in [4.69, 9.17) is 0 Å². The molecule has 2 aliphatic heterocycles. The highest BCUT2D eigenvalue weighted by atomic mass is 16.2. The third kappa shape index (κ3) is 2.93. The number of hydrogen-bond donors (Lipinski definition) is 2. The van der Waals surface area contributed by atoms with Gasteiger partial charge < -0.3 is 10.2 Å². The highest BCUT2D eigenvalue weighted by Gasteiger charge is 2.38. The summed E-state index contributed by atoms with van der Waals surface area (Å²) < 4.78 is 0. The van der Waals surface area contributed by atoms with Crippen molar-refractivity contribution in [1.82, 2.24) is 0 Å². The summed E-state index contributed by atoms with van der Waals surface area (Å²) >= 11 is 0. The third-order valence-electron chi connectivity index (χ3n) is 5.96. The van der Waals surface area contributed by atoms with Crippen LogP contribution in [0.1, 0.15) is 38.5 Å². The number of anilines is 2. The summed E-state index contributed by atoms with van der Waals surface area (Å²) in [6.45, 7) is 1.74. The maximum absolute atomic E-state index is 13.0. The third-order valence-corrected chi connectivity index (χ3v) is 5.96. The van der Waals surface area contributed by atoms with Crippen LogP contribution in [0.25, 0.3) is 0 Å². The van der Waals surface area contributed by atoms with Crippen molar-refractivity contribution in [2.75, 3.05) is 29.9 Å². The first-order valence-corrected chi connectivity index (χ1v) is 9.26. The number of hydrogen-bond acceptors (Lipinski definition) is 2. The minimum Gasteiger partial charge on any atom is -0.324 e. The lowest BCUT2D eigenvalue weighted by Gasteiger charge is -2.41. The first-order valence-electron chi connectivity index (χ1n) is 9.26. The summed E-state index contributed by atoms with van der Waals surface area (Å²) in [6, 6.07) is 8.22. The van der Waals surface area contributed by atoms with Crippen LogP contribution in [0.5, 0.6) is 0 Å². The van der Waals surface area contributed by atoms with Crippen LogP contribution < -0.4 is 15.1 Å². The molecule has 2 N–H and O–H groups in total. The Labute approximate surface area is 143 Å². The quantitative estimate of drug-likeness (QED) is 0.857. The Hall–Kier alpha value is -1.88. The lowest BCUT2D eigenvalue weighted by Crippen LogP contribution is -3.18. The van der Waals surface area contributed by atoms with Crippen LogP contribution in [0.3, 0.4) is 0 Å². The van der Waals surface area contributed by atoms with Crippen LogP contribution in [0.15, 0.2) is 24.3 Å². The van der Waals surface area contributed by atoms with Crippen LogP contribution in [0.2, 0.25) is 0 Å². The molecule has 1 aromatic rings. The van der Waals surface area contributed by atoms with Crippen molar-refractivity contribution in [3.63, 3.8) is 0 Å². The summed E-state index contributed by atoms with van der Waals surface area (Å²) in [7, 11) is 0. The highest BCUT2D eigenvalue weighted by molar-refractivity contribution is 6.10. The molecule has 0 aromatic heterocycles.